The first-order valence-corrected chi connectivity index (χ1v) is 7.45. The standard InChI is InChI=1S/C16H22F2N2O2.ClH/c1-10-7-12(8-11(2)14(10)22-16(17)18)15(21)20-6-4-5-13(9-20)19-3;/h7-8,13,16,19H,4-6,9H2,1-3H3;1H. The Balaban J connectivity index is 0.00000264. The van der Waals surface area contributed by atoms with Gasteiger partial charge in [0.1, 0.15) is 5.75 Å². The molecule has 1 unspecified atom stereocenters. The fourth-order valence-electron chi connectivity index (χ4n) is 2.93. The van der Waals surface area contributed by atoms with Crippen LogP contribution in [0.4, 0.5) is 8.78 Å². The van der Waals surface area contributed by atoms with Crippen molar-refractivity contribution in [3.05, 3.63) is 28.8 Å². The zero-order valence-electron chi connectivity index (χ0n) is 13.6. The molecular formula is C16H23ClF2N2O2. The molecule has 4 nitrogen and oxygen atoms in total. The van der Waals surface area contributed by atoms with Gasteiger partial charge in [0, 0.05) is 24.7 Å². The van der Waals surface area contributed by atoms with E-state index < -0.39 is 6.61 Å². The summed E-state index contributed by atoms with van der Waals surface area (Å²) in [7, 11) is 1.89. The average Bonchev–Trinajstić information content (AvgIpc) is 2.49. The number of carbonyl (C=O) groups is 1. The lowest BCUT2D eigenvalue weighted by atomic mass is 10.0. The Morgan fingerprint density at radius 3 is 2.48 bits per heavy atom. The molecule has 1 atom stereocenters. The highest BCUT2D eigenvalue weighted by molar-refractivity contribution is 5.95. The second-order valence-corrected chi connectivity index (χ2v) is 5.70. The zero-order chi connectivity index (χ0) is 16.3. The van der Waals surface area contributed by atoms with Gasteiger partial charge in [-0.2, -0.15) is 8.78 Å². The number of hydrogen-bond acceptors (Lipinski definition) is 3. The van der Waals surface area contributed by atoms with E-state index in [1.54, 1.807) is 26.0 Å². The predicted octanol–water partition coefficient (Wildman–Crippen LogP) is 3.15. The number of benzene rings is 1. The van der Waals surface area contributed by atoms with Gasteiger partial charge in [-0.15, -0.1) is 12.4 Å². The van der Waals surface area contributed by atoms with Gasteiger partial charge in [-0.05, 0) is 57.0 Å². The van der Waals surface area contributed by atoms with E-state index in [9.17, 15) is 13.6 Å². The molecular weight excluding hydrogens is 326 g/mol. The van der Waals surface area contributed by atoms with Crippen molar-refractivity contribution < 1.29 is 18.3 Å². The Bertz CT molecular complexity index is 532. The second-order valence-electron chi connectivity index (χ2n) is 5.70. The van der Waals surface area contributed by atoms with Crippen molar-refractivity contribution in [1.82, 2.24) is 10.2 Å². The van der Waals surface area contributed by atoms with E-state index in [2.05, 4.69) is 10.1 Å². The third-order valence-corrected chi connectivity index (χ3v) is 4.03. The number of likely N-dealkylation sites (N-methyl/N-ethyl adjacent to an activating group) is 1. The van der Waals surface area contributed by atoms with Crippen molar-refractivity contribution in [2.24, 2.45) is 0 Å². The van der Waals surface area contributed by atoms with Gasteiger partial charge in [0.25, 0.3) is 5.91 Å². The predicted molar refractivity (Wildman–Crippen MR) is 87.8 cm³/mol. The van der Waals surface area contributed by atoms with Crippen LogP contribution in [0.15, 0.2) is 12.1 Å². The van der Waals surface area contributed by atoms with E-state index in [1.165, 1.54) is 0 Å². The summed E-state index contributed by atoms with van der Waals surface area (Å²) < 4.78 is 29.3. The van der Waals surface area contributed by atoms with Crippen molar-refractivity contribution in [3.8, 4) is 5.75 Å². The average molecular weight is 349 g/mol. The molecule has 2 rings (SSSR count). The molecule has 1 N–H and O–H groups in total. The van der Waals surface area contributed by atoms with Crippen LogP contribution in [0.1, 0.15) is 34.3 Å². The van der Waals surface area contributed by atoms with Crippen LogP contribution in [0.3, 0.4) is 0 Å². The first-order chi connectivity index (χ1) is 10.4. The summed E-state index contributed by atoms with van der Waals surface area (Å²) in [5, 5.41) is 3.20. The van der Waals surface area contributed by atoms with Crippen LogP contribution in [0.5, 0.6) is 5.75 Å². The summed E-state index contributed by atoms with van der Waals surface area (Å²) in [6.07, 6.45) is 2.02. The minimum atomic E-state index is -2.86. The topological polar surface area (TPSA) is 41.6 Å². The number of nitrogens with zero attached hydrogens (tertiary/aromatic N) is 1. The molecule has 1 aromatic rings. The zero-order valence-corrected chi connectivity index (χ0v) is 14.4. The smallest absolute Gasteiger partial charge is 0.387 e. The highest BCUT2D eigenvalue weighted by atomic mass is 35.5. The van der Waals surface area contributed by atoms with Crippen molar-refractivity contribution in [1.29, 1.82) is 0 Å². The SMILES string of the molecule is CNC1CCCN(C(=O)c2cc(C)c(OC(F)F)c(C)c2)C1.Cl. The van der Waals surface area contributed by atoms with E-state index in [4.69, 9.17) is 0 Å². The number of piperidine rings is 1. The largest absolute Gasteiger partial charge is 0.434 e. The van der Waals surface area contributed by atoms with Crippen LogP contribution < -0.4 is 10.1 Å². The van der Waals surface area contributed by atoms with Gasteiger partial charge in [-0.3, -0.25) is 4.79 Å². The molecule has 1 fully saturated rings. The van der Waals surface area contributed by atoms with Crippen LogP contribution in [-0.2, 0) is 0 Å². The number of amides is 1. The van der Waals surface area contributed by atoms with E-state index in [0.717, 1.165) is 19.4 Å². The Hall–Kier alpha value is -1.40. The molecule has 0 radical (unpaired) electrons. The number of nitrogens with one attached hydrogen (secondary N) is 1. The quantitative estimate of drug-likeness (QED) is 0.908. The summed E-state index contributed by atoms with van der Waals surface area (Å²) in [6, 6.07) is 3.55. The summed E-state index contributed by atoms with van der Waals surface area (Å²) in [4.78, 5) is 14.4. The van der Waals surface area contributed by atoms with Crippen LogP contribution >= 0.6 is 12.4 Å². The molecule has 23 heavy (non-hydrogen) atoms. The molecule has 1 aliphatic heterocycles. The molecule has 1 heterocycles. The summed E-state index contributed by atoms with van der Waals surface area (Å²) >= 11 is 0. The fourth-order valence-corrected chi connectivity index (χ4v) is 2.93. The highest BCUT2D eigenvalue weighted by Crippen LogP contribution is 2.27. The Kier molecular flexibility index (Phi) is 7.22. The van der Waals surface area contributed by atoms with E-state index in [-0.39, 0.29) is 24.1 Å². The van der Waals surface area contributed by atoms with E-state index in [1.807, 2.05) is 11.9 Å². The molecule has 0 spiro atoms. The van der Waals surface area contributed by atoms with Gasteiger partial charge in [0.2, 0.25) is 0 Å². The lowest BCUT2D eigenvalue weighted by Crippen LogP contribution is -2.47. The van der Waals surface area contributed by atoms with Crippen molar-refractivity contribution in [2.75, 3.05) is 20.1 Å². The minimum Gasteiger partial charge on any atom is -0.434 e. The number of rotatable bonds is 4. The summed E-state index contributed by atoms with van der Waals surface area (Å²) in [5.74, 6) is 0.0908. The van der Waals surface area contributed by atoms with Crippen molar-refractivity contribution in [3.63, 3.8) is 0 Å². The molecule has 0 aliphatic carbocycles. The van der Waals surface area contributed by atoms with Crippen LogP contribution in [-0.4, -0.2) is 43.6 Å². The normalized spacial score (nSPS) is 17.8. The van der Waals surface area contributed by atoms with Gasteiger partial charge in [0.15, 0.2) is 0 Å². The van der Waals surface area contributed by atoms with Crippen molar-refractivity contribution in [2.45, 2.75) is 39.3 Å². The number of hydrogen-bond donors (Lipinski definition) is 1. The molecule has 7 heteroatoms. The Labute approximate surface area is 141 Å². The molecule has 0 aromatic heterocycles. The maximum atomic E-state index is 12.6. The Morgan fingerprint density at radius 1 is 1.35 bits per heavy atom. The molecule has 1 aliphatic rings. The van der Waals surface area contributed by atoms with E-state index in [0.29, 0.717) is 29.3 Å². The van der Waals surface area contributed by atoms with Gasteiger partial charge in [-0.1, -0.05) is 0 Å². The second kappa shape index (κ2) is 8.45. The maximum absolute atomic E-state index is 12.6. The lowest BCUT2D eigenvalue weighted by molar-refractivity contribution is -0.0507. The summed E-state index contributed by atoms with van der Waals surface area (Å²) in [6.45, 7) is 1.88. The molecule has 0 saturated carbocycles. The third-order valence-electron chi connectivity index (χ3n) is 4.03. The first kappa shape index (κ1) is 19.6. The third kappa shape index (κ3) is 4.78. The molecule has 1 aromatic carbocycles. The van der Waals surface area contributed by atoms with Gasteiger partial charge in [0.05, 0.1) is 0 Å². The Morgan fingerprint density at radius 2 is 1.96 bits per heavy atom. The maximum Gasteiger partial charge on any atom is 0.387 e. The minimum absolute atomic E-state index is 0. The molecule has 130 valence electrons. The number of likely N-dealkylation sites (tertiary alicyclic amines) is 1. The number of carbonyl (C=O) groups excluding carboxylic acids is 1. The fraction of sp³-hybridized carbons (Fsp3) is 0.562. The van der Waals surface area contributed by atoms with E-state index >= 15 is 0 Å². The first-order valence-electron chi connectivity index (χ1n) is 7.45. The van der Waals surface area contributed by atoms with Gasteiger partial charge >= 0.3 is 6.61 Å². The van der Waals surface area contributed by atoms with Gasteiger partial charge in [-0.25, -0.2) is 0 Å². The lowest BCUT2D eigenvalue weighted by Gasteiger charge is -2.32. The van der Waals surface area contributed by atoms with Crippen molar-refractivity contribution >= 4 is 18.3 Å². The monoisotopic (exact) mass is 348 g/mol. The van der Waals surface area contributed by atoms with Gasteiger partial charge < -0.3 is 15.0 Å². The number of aryl methyl sites for hydroxylation is 2. The number of halogens is 3. The van der Waals surface area contributed by atoms with Crippen LogP contribution in [0.2, 0.25) is 0 Å². The molecule has 0 bridgehead atoms. The van der Waals surface area contributed by atoms with Crippen LogP contribution in [0, 0.1) is 13.8 Å². The molecule has 1 saturated heterocycles. The summed E-state index contributed by atoms with van der Waals surface area (Å²) in [5.41, 5.74) is 1.62. The number of alkyl halides is 2. The number of ether oxygens (including phenoxy) is 1. The molecule has 1 amide bonds. The highest BCUT2D eigenvalue weighted by Gasteiger charge is 2.24. The van der Waals surface area contributed by atoms with Crippen LogP contribution in [0.25, 0.3) is 0 Å².